The zero-order valence-electron chi connectivity index (χ0n) is 16.2. The van der Waals surface area contributed by atoms with E-state index >= 15 is 0 Å². The standard InChI is InChI=1S/C22H24N4O3/c27-19-14-25(21(28)17-4-2-1-3-5-17)15-20-26(19)16-22(29-20)8-12-24(13-9-22)18-6-10-23-11-7-18/h1-7,10-11,20H,8-9,12-16H2. The van der Waals surface area contributed by atoms with Crippen LogP contribution in [0.3, 0.4) is 0 Å². The van der Waals surface area contributed by atoms with Gasteiger partial charge in [-0.05, 0) is 37.1 Å². The second kappa shape index (κ2) is 7.15. The molecule has 4 heterocycles. The van der Waals surface area contributed by atoms with Gasteiger partial charge >= 0.3 is 0 Å². The normalized spacial score (nSPS) is 23.4. The Morgan fingerprint density at radius 1 is 1.07 bits per heavy atom. The van der Waals surface area contributed by atoms with Crippen molar-refractivity contribution in [3.63, 3.8) is 0 Å². The van der Waals surface area contributed by atoms with Crippen molar-refractivity contribution in [3.05, 3.63) is 60.4 Å². The maximum absolute atomic E-state index is 12.8. The molecule has 29 heavy (non-hydrogen) atoms. The number of piperidine rings is 1. The number of carbonyl (C=O) groups is 2. The summed E-state index contributed by atoms with van der Waals surface area (Å²) in [6.07, 6.45) is 4.99. The molecule has 0 bridgehead atoms. The molecule has 0 radical (unpaired) electrons. The Balaban J connectivity index is 1.26. The Labute approximate surface area is 169 Å². The van der Waals surface area contributed by atoms with Gasteiger partial charge in [0.2, 0.25) is 5.91 Å². The van der Waals surface area contributed by atoms with Gasteiger partial charge in [0.05, 0.1) is 18.7 Å². The third kappa shape index (κ3) is 3.35. The lowest BCUT2D eigenvalue weighted by Crippen LogP contribution is -2.55. The van der Waals surface area contributed by atoms with Crippen molar-refractivity contribution in [2.24, 2.45) is 0 Å². The van der Waals surface area contributed by atoms with E-state index in [0.29, 0.717) is 18.7 Å². The van der Waals surface area contributed by atoms with Gasteiger partial charge in [-0.1, -0.05) is 18.2 Å². The lowest BCUT2D eigenvalue weighted by molar-refractivity contribution is -0.146. The van der Waals surface area contributed by atoms with Crippen LogP contribution in [0.15, 0.2) is 54.9 Å². The summed E-state index contributed by atoms with van der Waals surface area (Å²) in [6, 6.07) is 13.2. The fraction of sp³-hybridized carbons (Fsp3) is 0.409. The highest BCUT2D eigenvalue weighted by molar-refractivity contribution is 5.97. The lowest BCUT2D eigenvalue weighted by Gasteiger charge is -2.39. The summed E-state index contributed by atoms with van der Waals surface area (Å²) in [5, 5.41) is 0. The molecular formula is C22H24N4O3. The number of aromatic nitrogens is 1. The van der Waals surface area contributed by atoms with E-state index in [2.05, 4.69) is 9.88 Å². The monoisotopic (exact) mass is 392 g/mol. The predicted octanol–water partition coefficient (Wildman–Crippen LogP) is 1.76. The highest BCUT2D eigenvalue weighted by Gasteiger charge is 2.51. The van der Waals surface area contributed by atoms with E-state index in [1.165, 1.54) is 5.69 Å². The minimum atomic E-state index is -0.351. The first-order valence-corrected chi connectivity index (χ1v) is 10.1. The molecule has 2 amide bonds. The number of benzene rings is 1. The van der Waals surface area contributed by atoms with E-state index in [0.717, 1.165) is 25.9 Å². The molecule has 3 aliphatic rings. The summed E-state index contributed by atoms with van der Waals surface area (Å²) >= 11 is 0. The Hall–Kier alpha value is -2.93. The SMILES string of the molecule is O=C(c1ccccc1)N1CC(=O)N2CC3(CCN(c4ccncc4)CC3)OC2C1. The van der Waals surface area contributed by atoms with Gasteiger partial charge in [0.15, 0.2) is 6.23 Å². The summed E-state index contributed by atoms with van der Waals surface area (Å²) in [5.74, 6) is -0.144. The highest BCUT2D eigenvalue weighted by atomic mass is 16.5. The van der Waals surface area contributed by atoms with Gasteiger partial charge in [0.1, 0.15) is 6.54 Å². The van der Waals surface area contributed by atoms with E-state index in [-0.39, 0.29) is 30.2 Å². The Bertz CT molecular complexity index is 897. The molecule has 150 valence electrons. The first-order valence-electron chi connectivity index (χ1n) is 10.1. The quantitative estimate of drug-likeness (QED) is 0.779. The van der Waals surface area contributed by atoms with Gasteiger partial charge in [-0.3, -0.25) is 14.6 Å². The van der Waals surface area contributed by atoms with E-state index in [9.17, 15) is 9.59 Å². The van der Waals surface area contributed by atoms with E-state index in [4.69, 9.17) is 4.74 Å². The zero-order valence-corrected chi connectivity index (χ0v) is 16.2. The first-order chi connectivity index (χ1) is 14.1. The smallest absolute Gasteiger partial charge is 0.254 e. The van der Waals surface area contributed by atoms with Crippen LogP contribution in [0.5, 0.6) is 0 Å². The van der Waals surface area contributed by atoms with Crippen LogP contribution in [0.25, 0.3) is 0 Å². The largest absolute Gasteiger partial charge is 0.371 e. The van der Waals surface area contributed by atoms with E-state index in [1.807, 2.05) is 47.6 Å². The number of pyridine rings is 1. The molecule has 1 aromatic carbocycles. The summed E-state index contributed by atoms with van der Waals surface area (Å²) in [7, 11) is 0. The van der Waals surface area contributed by atoms with Gasteiger partial charge < -0.3 is 19.4 Å². The fourth-order valence-electron chi connectivity index (χ4n) is 4.61. The van der Waals surface area contributed by atoms with Gasteiger partial charge in [-0.2, -0.15) is 0 Å². The first kappa shape index (κ1) is 18.1. The number of hydrogen-bond donors (Lipinski definition) is 0. The zero-order chi connectivity index (χ0) is 19.8. The van der Waals surface area contributed by atoms with Crippen LogP contribution in [-0.4, -0.2) is 71.2 Å². The molecule has 3 aliphatic heterocycles. The molecule has 1 spiro atoms. The molecule has 5 rings (SSSR count). The molecule has 3 fully saturated rings. The number of amides is 2. The van der Waals surface area contributed by atoms with Crippen LogP contribution in [0.2, 0.25) is 0 Å². The van der Waals surface area contributed by atoms with Crippen LogP contribution >= 0.6 is 0 Å². The second-order valence-electron chi connectivity index (χ2n) is 8.02. The van der Waals surface area contributed by atoms with Crippen LogP contribution in [0.4, 0.5) is 5.69 Å². The van der Waals surface area contributed by atoms with Crippen molar-refractivity contribution in [2.45, 2.75) is 24.7 Å². The van der Waals surface area contributed by atoms with E-state index < -0.39 is 0 Å². The van der Waals surface area contributed by atoms with Gasteiger partial charge in [-0.15, -0.1) is 0 Å². The number of ether oxygens (including phenoxy) is 1. The summed E-state index contributed by atoms with van der Waals surface area (Å²) < 4.78 is 6.44. The Kier molecular flexibility index (Phi) is 4.47. The molecule has 7 heteroatoms. The number of fused-ring (bicyclic) bond motifs is 1. The van der Waals surface area contributed by atoms with Crippen molar-refractivity contribution in [1.29, 1.82) is 0 Å². The number of hydrogen-bond acceptors (Lipinski definition) is 5. The maximum Gasteiger partial charge on any atom is 0.254 e. The van der Waals surface area contributed by atoms with Crippen molar-refractivity contribution in [2.75, 3.05) is 37.6 Å². The lowest BCUT2D eigenvalue weighted by atomic mass is 9.91. The van der Waals surface area contributed by atoms with Crippen LogP contribution in [0, 0.1) is 0 Å². The van der Waals surface area contributed by atoms with Crippen molar-refractivity contribution in [1.82, 2.24) is 14.8 Å². The Morgan fingerprint density at radius 2 is 1.79 bits per heavy atom. The predicted molar refractivity (Wildman–Crippen MR) is 107 cm³/mol. The average Bonchev–Trinajstić information content (AvgIpc) is 3.13. The molecule has 0 saturated carbocycles. The van der Waals surface area contributed by atoms with Gasteiger partial charge in [0, 0.05) is 36.7 Å². The molecule has 1 aromatic heterocycles. The molecule has 2 aromatic rings. The van der Waals surface area contributed by atoms with E-state index in [1.54, 1.807) is 17.0 Å². The molecule has 0 N–H and O–H groups in total. The van der Waals surface area contributed by atoms with Crippen molar-refractivity contribution >= 4 is 17.5 Å². The minimum Gasteiger partial charge on any atom is -0.371 e. The fourth-order valence-corrected chi connectivity index (χ4v) is 4.61. The highest BCUT2D eigenvalue weighted by Crippen LogP contribution is 2.38. The third-order valence-electron chi connectivity index (χ3n) is 6.23. The topological polar surface area (TPSA) is 66.0 Å². The third-order valence-corrected chi connectivity index (χ3v) is 6.23. The van der Waals surface area contributed by atoms with Gasteiger partial charge in [0.25, 0.3) is 5.91 Å². The van der Waals surface area contributed by atoms with Crippen molar-refractivity contribution in [3.8, 4) is 0 Å². The molecule has 7 nitrogen and oxygen atoms in total. The number of carbonyl (C=O) groups excluding carboxylic acids is 2. The number of piperazine rings is 1. The summed E-state index contributed by atoms with van der Waals surface area (Å²) in [5.41, 5.74) is 1.46. The van der Waals surface area contributed by atoms with Gasteiger partial charge in [-0.25, -0.2) is 0 Å². The Morgan fingerprint density at radius 3 is 2.52 bits per heavy atom. The van der Waals surface area contributed by atoms with Crippen LogP contribution in [0.1, 0.15) is 23.2 Å². The van der Waals surface area contributed by atoms with Crippen molar-refractivity contribution < 1.29 is 14.3 Å². The molecule has 1 atom stereocenters. The molecule has 1 unspecified atom stereocenters. The summed E-state index contributed by atoms with van der Waals surface area (Å²) in [4.78, 5) is 35.4. The molecule has 3 saturated heterocycles. The number of nitrogens with zero attached hydrogens (tertiary/aromatic N) is 4. The summed E-state index contributed by atoms with van der Waals surface area (Å²) in [6.45, 7) is 2.92. The molecule has 0 aliphatic carbocycles. The maximum atomic E-state index is 12.8. The van der Waals surface area contributed by atoms with Crippen LogP contribution < -0.4 is 4.90 Å². The number of anilines is 1. The number of rotatable bonds is 2. The minimum absolute atomic E-state index is 0.0287. The molecular weight excluding hydrogens is 368 g/mol. The average molecular weight is 392 g/mol. The van der Waals surface area contributed by atoms with Crippen LogP contribution in [-0.2, 0) is 9.53 Å². The second-order valence-corrected chi connectivity index (χ2v) is 8.02.